The van der Waals surface area contributed by atoms with Crippen molar-refractivity contribution < 1.29 is 0 Å². The van der Waals surface area contributed by atoms with Gasteiger partial charge >= 0.3 is 0 Å². The zero-order valence-electron chi connectivity index (χ0n) is 7.13. The highest BCUT2D eigenvalue weighted by molar-refractivity contribution is 9.10. The number of hydrogen-bond acceptors (Lipinski definition) is 3. The van der Waals surface area contributed by atoms with Crippen LogP contribution >= 0.6 is 15.9 Å². The summed E-state index contributed by atoms with van der Waals surface area (Å²) in [6.07, 6.45) is 1.69. The van der Waals surface area contributed by atoms with Crippen LogP contribution in [0.2, 0.25) is 0 Å². The minimum absolute atomic E-state index is 0.0741. The Hall–Kier alpha value is -0.610. The van der Waals surface area contributed by atoms with E-state index in [-0.39, 0.29) is 6.04 Å². The molecule has 1 atom stereocenters. The predicted octanol–water partition coefficient (Wildman–Crippen LogP) is 1.75. The normalized spacial score (nSPS) is 13.0. The van der Waals surface area contributed by atoms with Crippen molar-refractivity contribution in [1.82, 2.24) is 4.98 Å². The second-order valence-electron chi connectivity index (χ2n) is 2.82. The minimum atomic E-state index is -0.0741. The van der Waals surface area contributed by atoms with Gasteiger partial charge < -0.3 is 11.5 Å². The summed E-state index contributed by atoms with van der Waals surface area (Å²) in [6.45, 7) is 3.87. The standard InChI is InChI=1S/C8H12BrN3/c1-4-6(9)3-12-8(11)7(4)5(2)10/h3,5H,10H2,1-2H3,(H2,11,12)/t5-/m0/s1. The van der Waals surface area contributed by atoms with Crippen LogP contribution in [0.4, 0.5) is 5.82 Å². The fraction of sp³-hybridized carbons (Fsp3) is 0.375. The van der Waals surface area contributed by atoms with Gasteiger partial charge in [0, 0.05) is 22.3 Å². The Morgan fingerprint density at radius 2 is 2.17 bits per heavy atom. The van der Waals surface area contributed by atoms with Crippen molar-refractivity contribution >= 4 is 21.7 Å². The van der Waals surface area contributed by atoms with E-state index in [1.165, 1.54) is 0 Å². The highest BCUT2D eigenvalue weighted by atomic mass is 79.9. The van der Waals surface area contributed by atoms with Crippen molar-refractivity contribution in [2.45, 2.75) is 19.9 Å². The SMILES string of the molecule is Cc1c(Br)cnc(N)c1[C@H](C)N. The molecule has 0 aliphatic rings. The largest absolute Gasteiger partial charge is 0.383 e. The number of halogens is 1. The lowest BCUT2D eigenvalue weighted by atomic mass is 10.1. The van der Waals surface area contributed by atoms with Crippen LogP contribution in [0.15, 0.2) is 10.7 Å². The number of hydrogen-bond donors (Lipinski definition) is 2. The summed E-state index contributed by atoms with van der Waals surface area (Å²) in [5.41, 5.74) is 13.4. The second kappa shape index (κ2) is 3.41. The molecule has 0 radical (unpaired) electrons. The fourth-order valence-corrected chi connectivity index (χ4v) is 1.50. The van der Waals surface area contributed by atoms with Gasteiger partial charge in [-0.15, -0.1) is 0 Å². The van der Waals surface area contributed by atoms with Crippen LogP contribution < -0.4 is 11.5 Å². The van der Waals surface area contributed by atoms with Crippen molar-refractivity contribution in [3.63, 3.8) is 0 Å². The van der Waals surface area contributed by atoms with E-state index in [0.29, 0.717) is 5.82 Å². The fourth-order valence-electron chi connectivity index (χ4n) is 1.19. The second-order valence-corrected chi connectivity index (χ2v) is 3.67. The molecule has 3 nitrogen and oxygen atoms in total. The summed E-state index contributed by atoms with van der Waals surface area (Å²) in [5.74, 6) is 0.519. The van der Waals surface area contributed by atoms with E-state index in [0.717, 1.165) is 15.6 Å². The van der Waals surface area contributed by atoms with E-state index in [4.69, 9.17) is 11.5 Å². The van der Waals surface area contributed by atoms with Crippen LogP contribution in [0.1, 0.15) is 24.1 Å². The van der Waals surface area contributed by atoms with Gasteiger partial charge in [0.2, 0.25) is 0 Å². The van der Waals surface area contributed by atoms with Gasteiger partial charge in [-0.25, -0.2) is 4.98 Å². The van der Waals surface area contributed by atoms with Gasteiger partial charge in [-0.2, -0.15) is 0 Å². The summed E-state index contributed by atoms with van der Waals surface area (Å²) >= 11 is 3.37. The molecule has 4 heteroatoms. The summed E-state index contributed by atoms with van der Waals surface area (Å²) in [5, 5.41) is 0. The lowest BCUT2D eigenvalue weighted by molar-refractivity contribution is 0.805. The monoisotopic (exact) mass is 229 g/mol. The van der Waals surface area contributed by atoms with E-state index in [2.05, 4.69) is 20.9 Å². The molecule has 1 aromatic heterocycles. The van der Waals surface area contributed by atoms with Gasteiger partial charge in [0.25, 0.3) is 0 Å². The number of pyridine rings is 1. The van der Waals surface area contributed by atoms with Crippen LogP contribution in [-0.2, 0) is 0 Å². The summed E-state index contributed by atoms with van der Waals surface area (Å²) in [6, 6.07) is -0.0741. The molecule has 66 valence electrons. The number of aromatic nitrogens is 1. The zero-order chi connectivity index (χ0) is 9.30. The Kier molecular flexibility index (Phi) is 2.69. The Morgan fingerprint density at radius 1 is 1.58 bits per heavy atom. The smallest absolute Gasteiger partial charge is 0.128 e. The van der Waals surface area contributed by atoms with Gasteiger partial charge in [-0.3, -0.25) is 0 Å². The Morgan fingerprint density at radius 3 is 2.58 bits per heavy atom. The first-order valence-electron chi connectivity index (χ1n) is 3.70. The molecule has 0 saturated carbocycles. The lowest BCUT2D eigenvalue weighted by Gasteiger charge is -2.12. The molecule has 1 heterocycles. The van der Waals surface area contributed by atoms with E-state index in [1.807, 2.05) is 13.8 Å². The van der Waals surface area contributed by atoms with Crippen molar-refractivity contribution in [3.05, 3.63) is 21.8 Å². The van der Waals surface area contributed by atoms with Crippen molar-refractivity contribution in [3.8, 4) is 0 Å². The van der Waals surface area contributed by atoms with E-state index < -0.39 is 0 Å². The lowest BCUT2D eigenvalue weighted by Crippen LogP contribution is -2.11. The van der Waals surface area contributed by atoms with Gasteiger partial charge in [0.05, 0.1) is 0 Å². The molecule has 0 aliphatic carbocycles. The quantitative estimate of drug-likeness (QED) is 0.772. The Balaban J connectivity index is 3.33. The minimum Gasteiger partial charge on any atom is -0.383 e. The van der Waals surface area contributed by atoms with Crippen molar-refractivity contribution in [1.29, 1.82) is 0 Å². The van der Waals surface area contributed by atoms with Gasteiger partial charge in [-0.05, 0) is 35.3 Å². The molecule has 0 unspecified atom stereocenters. The van der Waals surface area contributed by atoms with E-state index in [1.54, 1.807) is 6.20 Å². The molecule has 1 aromatic rings. The summed E-state index contributed by atoms with van der Waals surface area (Å²) in [4.78, 5) is 4.01. The Bertz CT molecular complexity index is 297. The van der Waals surface area contributed by atoms with Crippen LogP contribution in [0, 0.1) is 6.92 Å². The van der Waals surface area contributed by atoms with E-state index in [9.17, 15) is 0 Å². The first-order chi connectivity index (χ1) is 5.54. The van der Waals surface area contributed by atoms with Crippen molar-refractivity contribution in [2.24, 2.45) is 5.73 Å². The first-order valence-corrected chi connectivity index (χ1v) is 4.49. The van der Waals surface area contributed by atoms with Gasteiger partial charge in [-0.1, -0.05) is 0 Å². The van der Waals surface area contributed by atoms with Crippen LogP contribution in [-0.4, -0.2) is 4.98 Å². The maximum absolute atomic E-state index is 5.74. The average molecular weight is 230 g/mol. The summed E-state index contributed by atoms with van der Waals surface area (Å²) in [7, 11) is 0. The highest BCUT2D eigenvalue weighted by Crippen LogP contribution is 2.26. The molecule has 0 spiro atoms. The molecule has 12 heavy (non-hydrogen) atoms. The first kappa shape index (κ1) is 9.48. The van der Waals surface area contributed by atoms with Gasteiger partial charge in [0.1, 0.15) is 5.82 Å². The predicted molar refractivity (Wildman–Crippen MR) is 53.7 cm³/mol. The van der Waals surface area contributed by atoms with Crippen LogP contribution in [0.5, 0.6) is 0 Å². The molecule has 0 aliphatic heterocycles. The van der Waals surface area contributed by atoms with E-state index >= 15 is 0 Å². The molecule has 0 amide bonds. The number of rotatable bonds is 1. The van der Waals surface area contributed by atoms with Crippen LogP contribution in [0.25, 0.3) is 0 Å². The molecule has 0 bridgehead atoms. The highest BCUT2D eigenvalue weighted by Gasteiger charge is 2.10. The zero-order valence-corrected chi connectivity index (χ0v) is 8.72. The van der Waals surface area contributed by atoms with Gasteiger partial charge in [0.15, 0.2) is 0 Å². The third kappa shape index (κ3) is 1.59. The maximum Gasteiger partial charge on any atom is 0.128 e. The molecule has 4 N–H and O–H groups in total. The average Bonchev–Trinajstić information content (AvgIpc) is 1.97. The summed E-state index contributed by atoms with van der Waals surface area (Å²) < 4.78 is 0.948. The number of nitrogens with two attached hydrogens (primary N) is 2. The number of nitrogen functional groups attached to an aromatic ring is 1. The molecule has 1 rings (SSSR count). The molecular weight excluding hydrogens is 218 g/mol. The molecule has 0 fully saturated rings. The topological polar surface area (TPSA) is 64.9 Å². The Labute approximate surface area is 80.3 Å². The number of nitrogens with zero attached hydrogens (tertiary/aromatic N) is 1. The molecule has 0 aromatic carbocycles. The van der Waals surface area contributed by atoms with Crippen molar-refractivity contribution in [2.75, 3.05) is 5.73 Å². The molecular formula is C8H12BrN3. The third-order valence-electron chi connectivity index (χ3n) is 1.81. The third-order valence-corrected chi connectivity index (χ3v) is 2.61. The number of anilines is 1. The van der Waals surface area contributed by atoms with Crippen LogP contribution in [0.3, 0.4) is 0 Å². The maximum atomic E-state index is 5.74. The molecule has 0 saturated heterocycles.